The van der Waals surface area contributed by atoms with Crippen LogP contribution in [0.3, 0.4) is 0 Å². The zero-order valence-electron chi connectivity index (χ0n) is 15.7. The maximum atomic E-state index is 13.0. The molecule has 1 saturated heterocycles. The molecule has 0 saturated carbocycles. The van der Waals surface area contributed by atoms with Crippen molar-refractivity contribution in [2.24, 2.45) is 0 Å². The van der Waals surface area contributed by atoms with Gasteiger partial charge in [0.2, 0.25) is 0 Å². The van der Waals surface area contributed by atoms with E-state index in [9.17, 15) is 14.4 Å². The number of fused-ring (bicyclic) bond motifs is 1. The number of benzene rings is 2. The summed E-state index contributed by atoms with van der Waals surface area (Å²) in [5, 5.41) is 3.99. The van der Waals surface area contributed by atoms with Crippen LogP contribution in [0.25, 0.3) is 16.8 Å². The minimum absolute atomic E-state index is 0.0733. The van der Waals surface area contributed by atoms with E-state index in [1.54, 1.807) is 18.2 Å². The third-order valence-electron chi connectivity index (χ3n) is 4.60. The molecule has 4 amide bonds. The van der Waals surface area contributed by atoms with Gasteiger partial charge in [-0.25, -0.2) is 4.79 Å². The van der Waals surface area contributed by atoms with Gasteiger partial charge in [0.1, 0.15) is 17.1 Å². The molecule has 4 rings (SSSR count). The second kappa shape index (κ2) is 7.63. The fraction of sp³-hybridized carbons (Fsp3) is 0.136. The Bertz CT molecular complexity index is 1130. The van der Waals surface area contributed by atoms with Crippen LogP contribution < -0.4 is 10.1 Å². The first kappa shape index (κ1) is 18.5. The monoisotopic (exact) mass is 390 g/mol. The van der Waals surface area contributed by atoms with Gasteiger partial charge in [-0.3, -0.25) is 19.8 Å². The standard InChI is InChI=1S/C22H18N2O5/c1-2-28-19-10-9-14-6-3-4-8-16(14)17(19)12-18-20(25)23-22(27)24(21(18)26)13-15-7-5-11-29-15/h3-12H,2,13H2,1H3,(H,23,25,27)/b18-12+. The van der Waals surface area contributed by atoms with Crippen molar-refractivity contribution in [1.82, 2.24) is 10.2 Å². The molecule has 2 heterocycles. The molecule has 2 aromatic carbocycles. The Hall–Kier alpha value is -3.87. The zero-order valence-corrected chi connectivity index (χ0v) is 15.7. The van der Waals surface area contributed by atoms with Crippen LogP contribution in [0.5, 0.6) is 5.75 Å². The number of amides is 4. The van der Waals surface area contributed by atoms with Crippen LogP contribution in [0.4, 0.5) is 4.79 Å². The maximum absolute atomic E-state index is 13.0. The molecule has 1 aromatic heterocycles. The molecule has 0 atom stereocenters. The topological polar surface area (TPSA) is 88.8 Å². The quantitative estimate of drug-likeness (QED) is 0.532. The first-order valence-corrected chi connectivity index (χ1v) is 9.14. The minimum atomic E-state index is -0.781. The summed E-state index contributed by atoms with van der Waals surface area (Å²) in [4.78, 5) is 38.6. The van der Waals surface area contributed by atoms with E-state index >= 15 is 0 Å². The summed E-state index contributed by atoms with van der Waals surface area (Å²) in [6, 6.07) is 13.8. The molecule has 0 unspecified atom stereocenters. The minimum Gasteiger partial charge on any atom is -0.493 e. The van der Waals surface area contributed by atoms with Gasteiger partial charge in [-0.2, -0.15) is 0 Å². The van der Waals surface area contributed by atoms with E-state index in [-0.39, 0.29) is 12.1 Å². The van der Waals surface area contributed by atoms with Gasteiger partial charge in [-0.05, 0) is 42.0 Å². The summed E-state index contributed by atoms with van der Waals surface area (Å²) >= 11 is 0. The van der Waals surface area contributed by atoms with E-state index in [0.717, 1.165) is 15.7 Å². The molecule has 3 aromatic rings. The highest BCUT2D eigenvalue weighted by Crippen LogP contribution is 2.31. The predicted octanol–water partition coefficient (Wildman–Crippen LogP) is 3.49. The fourth-order valence-electron chi connectivity index (χ4n) is 3.25. The van der Waals surface area contributed by atoms with Gasteiger partial charge in [-0.15, -0.1) is 0 Å². The molecule has 1 fully saturated rings. The molecule has 7 nitrogen and oxygen atoms in total. The molecule has 29 heavy (non-hydrogen) atoms. The third-order valence-corrected chi connectivity index (χ3v) is 4.60. The second-order valence-corrected chi connectivity index (χ2v) is 6.42. The summed E-state index contributed by atoms with van der Waals surface area (Å²) in [7, 11) is 0. The number of imide groups is 2. The van der Waals surface area contributed by atoms with Crippen LogP contribution in [0.1, 0.15) is 18.2 Å². The average molecular weight is 390 g/mol. The van der Waals surface area contributed by atoms with Crippen molar-refractivity contribution in [3.63, 3.8) is 0 Å². The largest absolute Gasteiger partial charge is 0.493 e. The Kier molecular flexibility index (Phi) is 4.87. The highest BCUT2D eigenvalue weighted by Gasteiger charge is 2.36. The Morgan fingerprint density at radius 2 is 1.90 bits per heavy atom. The highest BCUT2D eigenvalue weighted by atomic mass is 16.5. The number of hydrogen-bond donors (Lipinski definition) is 1. The van der Waals surface area contributed by atoms with E-state index in [2.05, 4.69) is 5.32 Å². The van der Waals surface area contributed by atoms with Gasteiger partial charge >= 0.3 is 6.03 Å². The van der Waals surface area contributed by atoms with Gasteiger partial charge in [0.15, 0.2) is 0 Å². The maximum Gasteiger partial charge on any atom is 0.331 e. The second-order valence-electron chi connectivity index (χ2n) is 6.42. The smallest absolute Gasteiger partial charge is 0.331 e. The number of urea groups is 1. The number of carbonyl (C=O) groups is 3. The molecule has 7 heteroatoms. The van der Waals surface area contributed by atoms with Crippen molar-refractivity contribution in [2.75, 3.05) is 6.61 Å². The van der Waals surface area contributed by atoms with Crippen molar-refractivity contribution in [2.45, 2.75) is 13.5 Å². The van der Waals surface area contributed by atoms with Gasteiger partial charge < -0.3 is 9.15 Å². The highest BCUT2D eigenvalue weighted by molar-refractivity contribution is 6.31. The third kappa shape index (κ3) is 3.50. The fourth-order valence-corrected chi connectivity index (χ4v) is 3.25. The molecule has 1 N–H and O–H groups in total. The van der Waals surface area contributed by atoms with E-state index in [1.165, 1.54) is 12.3 Å². The number of furan rings is 1. The lowest BCUT2D eigenvalue weighted by Crippen LogP contribution is -2.53. The number of nitrogens with zero attached hydrogens (tertiary/aromatic N) is 1. The lowest BCUT2D eigenvalue weighted by atomic mass is 10.00. The van der Waals surface area contributed by atoms with Crippen LogP contribution >= 0.6 is 0 Å². The Labute approximate surface area is 166 Å². The summed E-state index contributed by atoms with van der Waals surface area (Å²) < 4.78 is 10.9. The van der Waals surface area contributed by atoms with Crippen LogP contribution in [-0.2, 0) is 16.1 Å². The van der Waals surface area contributed by atoms with Crippen molar-refractivity contribution < 1.29 is 23.5 Å². The van der Waals surface area contributed by atoms with Crippen LogP contribution in [-0.4, -0.2) is 29.4 Å². The van der Waals surface area contributed by atoms with Crippen LogP contribution in [0, 0.1) is 0 Å². The molecule has 0 radical (unpaired) electrons. The van der Waals surface area contributed by atoms with Gasteiger partial charge in [0, 0.05) is 5.56 Å². The van der Waals surface area contributed by atoms with Crippen LogP contribution in [0.15, 0.2) is 64.8 Å². The van der Waals surface area contributed by atoms with E-state index in [4.69, 9.17) is 9.15 Å². The average Bonchev–Trinajstić information content (AvgIpc) is 3.23. The molecule has 0 spiro atoms. The predicted molar refractivity (Wildman–Crippen MR) is 106 cm³/mol. The molecule has 1 aliphatic heterocycles. The van der Waals surface area contributed by atoms with Gasteiger partial charge in [0.05, 0.1) is 19.4 Å². The molecular formula is C22H18N2O5. The Morgan fingerprint density at radius 1 is 1.07 bits per heavy atom. The SMILES string of the molecule is CCOc1ccc2ccccc2c1/C=C1\C(=O)NC(=O)N(Cc2ccco2)C1=O. The number of rotatable bonds is 5. The van der Waals surface area contributed by atoms with E-state index in [1.807, 2.05) is 37.3 Å². The molecule has 0 aliphatic carbocycles. The molecular weight excluding hydrogens is 372 g/mol. The summed E-state index contributed by atoms with van der Waals surface area (Å²) in [6.07, 6.45) is 2.93. The summed E-state index contributed by atoms with van der Waals surface area (Å²) in [6.45, 7) is 2.21. The Balaban J connectivity index is 1.80. The first-order chi connectivity index (χ1) is 14.1. The molecule has 0 bridgehead atoms. The van der Waals surface area contributed by atoms with Crippen molar-refractivity contribution in [3.8, 4) is 5.75 Å². The lowest BCUT2D eigenvalue weighted by Gasteiger charge is -2.25. The van der Waals surface area contributed by atoms with E-state index in [0.29, 0.717) is 23.7 Å². The molecule has 1 aliphatic rings. The Morgan fingerprint density at radius 3 is 2.66 bits per heavy atom. The number of hydrogen-bond acceptors (Lipinski definition) is 5. The van der Waals surface area contributed by atoms with E-state index < -0.39 is 17.8 Å². The normalized spacial score (nSPS) is 15.8. The first-order valence-electron chi connectivity index (χ1n) is 9.14. The van der Waals surface area contributed by atoms with Crippen LogP contribution in [0.2, 0.25) is 0 Å². The van der Waals surface area contributed by atoms with Crippen molar-refractivity contribution >= 4 is 34.7 Å². The lowest BCUT2D eigenvalue weighted by molar-refractivity contribution is -0.130. The van der Waals surface area contributed by atoms with Crippen molar-refractivity contribution in [1.29, 1.82) is 0 Å². The number of ether oxygens (including phenoxy) is 1. The number of barbiturate groups is 1. The molecule has 146 valence electrons. The number of nitrogens with one attached hydrogen (secondary N) is 1. The summed E-state index contributed by atoms with van der Waals surface area (Å²) in [5.74, 6) is -0.451. The van der Waals surface area contributed by atoms with Gasteiger partial charge in [0.25, 0.3) is 11.8 Å². The van der Waals surface area contributed by atoms with Gasteiger partial charge in [-0.1, -0.05) is 30.3 Å². The number of carbonyl (C=O) groups excluding carboxylic acids is 3. The van der Waals surface area contributed by atoms with Crippen molar-refractivity contribution in [3.05, 3.63) is 71.7 Å². The zero-order chi connectivity index (χ0) is 20.4. The summed E-state index contributed by atoms with van der Waals surface area (Å²) in [5.41, 5.74) is 0.462.